The molecule has 0 aliphatic heterocycles. The van der Waals surface area contributed by atoms with Gasteiger partial charge in [-0.1, -0.05) is 0 Å². The van der Waals surface area contributed by atoms with E-state index in [2.05, 4.69) is 4.74 Å². The highest BCUT2D eigenvalue weighted by molar-refractivity contribution is 5.90. The predicted molar refractivity (Wildman–Crippen MR) is 50.4 cm³/mol. The molecule has 0 amide bonds. The Kier molecular flexibility index (Phi) is 8.31. The van der Waals surface area contributed by atoms with Gasteiger partial charge >= 0.3 is 11.9 Å². The first-order valence-corrected chi connectivity index (χ1v) is 4.31. The summed E-state index contributed by atoms with van der Waals surface area (Å²) in [5.74, 6) is -1.89. The van der Waals surface area contributed by atoms with Crippen molar-refractivity contribution in [3.8, 4) is 0 Å². The van der Waals surface area contributed by atoms with Gasteiger partial charge in [0.15, 0.2) is 0 Å². The zero-order valence-electron chi connectivity index (χ0n) is 8.47. The Hall–Kier alpha value is -1.40. The minimum Gasteiger partial charge on any atom is -0.478 e. The van der Waals surface area contributed by atoms with Gasteiger partial charge in [-0.3, -0.25) is 0 Å². The van der Waals surface area contributed by atoms with E-state index in [0.29, 0.717) is 19.3 Å². The second-order valence-corrected chi connectivity index (χ2v) is 2.44. The normalized spacial score (nSPS) is 10.5. The number of methoxy groups -OCH3 is 1. The van der Waals surface area contributed by atoms with E-state index in [0.717, 1.165) is 6.08 Å². The minimum absolute atomic E-state index is 0.0898. The molecule has 0 spiro atoms. The highest BCUT2D eigenvalue weighted by Crippen LogP contribution is 1.84. The Morgan fingerprint density at radius 1 is 1.13 bits per heavy atom. The average molecular weight is 218 g/mol. The van der Waals surface area contributed by atoms with Crippen LogP contribution in [0.2, 0.25) is 0 Å². The number of hydrogen-bond acceptors (Lipinski definition) is 5. The van der Waals surface area contributed by atoms with E-state index in [1.165, 1.54) is 0 Å². The summed E-state index contributed by atoms with van der Waals surface area (Å²) in [7, 11) is 1.56. The molecule has 0 aliphatic carbocycles. The van der Waals surface area contributed by atoms with Crippen LogP contribution in [0.4, 0.5) is 0 Å². The fourth-order valence-corrected chi connectivity index (χ4v) is 0.633. The molecule has 86 valence electrons. The Morgan fingerprint density at radius 3 is 2.40 bits per heavy atom. The van der Waals surface area contributed by atoms with Gasteiger partial charge in [0.2, 0.25) is 0 Å². The van der Waals surface area contributed by atoms with Crippen molar-refractivity contribution in [2.24, 2.45) is 0 Å². The van der Waals surface area contributed by atoms with Gasteiger partial charge < -0.3 is 19.3 Å². The van der Waals surface area contributed by atoms with Crippen molar-refractivity contribution in [2.75, 3.05) is 33.5 Å². The number of ether oxygens (including phenoxy) is 3. The zero-order chi connectivity index (χ0) is 11.5. The summed E-state index contributed by atoms with van der Waals surface area (Å²) in [4.78, 5) is 20.8. The van der Waals surface area contributed by atoms with Crippen molar-refractivity contribution in [3.63, 3.8) is 0 Å². The van der Waals surface area contributed by atoms with Crippen molar-refractivity contribution in [3.05, 3.63) is 12.2 Å². The van der Waals surface area contributed by atoms with Crippen LogP contribution < -0.4 is 0 Å². The quantitative estimate of drug-likeness (QED) is 0.346. The number of carbonyl (C=O) groups is 2. The Bertz CT molecular complexity index is 223. The number of hydrogen-bond donors (Lipinski definition) is 1. The molecule has 0 bridgehead atoms. The fraction of sp³-hybridized carbons (Fsp3) is 0.556. The van der Waals surface area contributed by atoms with Crippen LogP contribution in [0.3, 0.4) is 0 Å². The smallest absolute Gasteiger partial charge is 0.331 e. The summed E-state index contributed by atoms with van der Waals surface area (Å²) in [6, 6.07) is 0. The molecule has 0 atom stereocenters. The Balaban J connectivity index is 3.35. The van der Waals surface area contributed by atoms with Crippen LogP contribution in [0.5, 0.6) is 0 Å². The molecule has 0 aliphatic rings. The first-order chi connectivity index (χ1) is 7.16. The maximum absolute atomic E-state index is 10.8. The monoisotopic (exact) mass is 218 g/mol. The van der Waals surface area contributed by atoms with E-state index in [1.54, 1.807) is 7.11 Å². The first kappa shape index (κ1) is 13.6. The summed E-state index contributed by atoms with van der Waals surface area (Å²) in [5.41, 5.74) is 0. The number of carboxylic acid groups (broad SMARTS) is 1. The summed E-state index contributed by atoms with van der Waals surface area (Å²) in [6.07, 6.45) is 1.56. The molecule has 0 saturated heterocycles. The van der Waals surface area contributed by atoms with Crippen LogP contribution in [0.15, 0.2) is 12.2 Å². The van der Waals surface area contributed by atoms with Crippen LogP contribution in [-0.4, -0.2) is 50.6 Å². The molecular weight excluding hydrogens is 204 g/mol. The van der Waals surface area contributed by atoms with Crippen molar-refractivity contribution >= 4 is 11.9 Å². The maximum atomic E-state index is 10.8. The molecule has 0 saturated carbocycles. The number of carbonyl (C=O) groups excluding carboxylic acids is 1. The maximum Gasteiger partial charge on any atom is 0.331 e. The predicted octanol–water partition coefficient (Wildman–Crippen LogP) is -0.167. The second-order valence-electron chi connectivity index (χ2n) is 2.44. The fourth-order valence-electron chi connectivity index (χ4n) is 0.633. The van der Waals surface area contributed by atoms with Gasteiger partial charge in [-0.05, 0) is 0 Å². The summed E-state index contributed by atoms with van der Waals surface area (Å²) >= 11 is 0. The van der Waals surface area contributed by atoms with Gasteiger partial charge in [0, 0.05) is 19.3 Å². The standard InChI is InChI=1S/C9H14O6/c1-13-4-5-14-6-7-15-9(12)3-2-8(10)11/h2-3H,4-7H2,1H3,(H,10,11)/b3-2+. The van der Waals surface area contributed by atoms with Crippen LogP contribution >= 0.6 is 0 Å². The van der Waals surface area contributed by atoms with E-state index in [9.17, 15) is 9.59 Å². The molecule has 0 rings (SSSR count). The molecule has 0 aromatic carbocycles. The van der Waals surface area contributed by atoms with Crippen LogP contribution in [-0.2, 0) is 23.8 Å². The molecule has 6 heteroatoms. The van der Waals surface area contributed by atoms with Gasteiger partial charge in [0.1, 0.15) is 6.61 Å². The van der Waals surface area contributed by atoms with Gasteiger partial charge in [0.05, 0.1) is 19.8 Å². The third-order valence-electron chi connectivity index (χ3n) is 1.27. The molecule has 0 fully saturated rings. The number of esters is 1. The van der Waals surface area contributed by atoms with Crippen molar-refractivity contribution in [1.29, 1.82) is 0 Å². The van der Waals surface area contributed by atoms with E-state index in [1.807, 2.05) is 0 Å². The van der Waals surface area contributed by atoms with E-state index in [-0.39, 0.29) is 13.2 Å². The Morgan fingerprint density at radius 2 is 1.80 bits per heavy atom. The summed E-state index contributed by atoms with van der Waals surface area (Å²) in [5, 5.41) is 8.20. The molecule has 1 N–H and O–H groups in total. The molecule has 15 heavy (non-hydrogen) atoms. The van der Waals surface area contributed by atoms with Gasteiger partial charge in [-0.25, -0.2) is 9.59 Å². The lowest BCUT2D eigenvalue weighted by Gasteiger charge is -2.03. The van der Waals surface area contributed by atoms with E-state index >= 15 is 0 Å². The van der Waals surface area contributed by atoms with Crippen LogP contribution in [0, 0.1) is 0 Å². The Labute approximate surface area is 87.4 Å². The largest absolute Gasteiger partial charge is 0.478 e. The first-order valence-electron chi connectivity index (χ1n) is 4.31. The summed E-state index contributed by atoms with van der Waals surface area (Å²) < 4.78 is 14.4. The second kappa shape index (κ2) is 9.17. The van der Waals surface area contributed by atoms with E-state index < -0.39 is 11.9 Å². The number of carboxylic acids is 1. The zero-order valence-corrected chi connectivity index (χ0v) is 8.47. The van der Waals surface area contributed by atoms with Gasteiger partial charge in [0.25, 0.3) is 0 Å². The van der Waals surface area contributed by atoms with Gasteiger partial charge in [-0.15, -0.1) is 0 Å². The van der Waals surface area contributed by atoms with Crippen LogP contribution in [0.1, 0.15) is 0 Å². The van der Waals surface area contributed by atoms with Crippen molar-refractivity contribution in [1.82, 2.24) is 0 Å². The minimum atomic E-state index is -1.19. The molecule has 6 nitrogen and oxygen atoms in total. The SMILES string of the molecule is COCCOCCOC(=O)/C=C/C(=O)O. The lowest BCUT2D eigenvalue weighted by molar-refractivity contribution is -0.140. The number of rotatable bonds is 8. The van der Waals surface area contributed by atoms with Crippen molar-refractivity contribution < 1.29 is 28.9 Å². The molecule has 0 unspecified atom stereocenters. The summed E-state index contributed by atoms with van der Waals surface area (Å²) in [6.45, 7) is 1.26. The third kappa shape index (κ3) is 10.5. The highest BCUT2D eigenvalue weighted by Gasteiger charge is 1.97. The lowest BCUT2D eigenvalue weighted by atomic mass is 10.5. The lowest BCUT2D eigenvalue weighted by Crippen LogP contribution is -2.11. The van der Waals surface area contributed by atoms with Crippen LogP contribution in [0.25, 0.3) is 0 Å². The molecule has 0 aromatic rings. The molecule has 0 aromatic heterocycles. The highest BCUT2D eigenvalue weighted by atomic mass is 16.6. The molecule has 0 radical (unpaired) electrons. The van der Waals surface area contributed by atoms with E-state index in [4.69, 9.17) is 14.6 Å². The van der Waals surface area contributed by atoms with Gasteiger partial charge in [-0.2, -0.15) is 0 Å². The molecular formula is C9H14O6. The van der Waals surface area contributed by atoms with Crippen molar-refractivity contribution in [2.45, 2.75) is 0 Å². The molecule has 0 heterocycles. The third-order valence-corrected chi connectivity index (χ3v) is 1.27. The topological polar surface area (TPSA) is 82.1 Å². The number of aliphatic carboxylic acids is 1. The average Bonchev–Trinajstić information content (AvgIpc) is 2.20.